The zero-order chi connectivity index (χ0) is 17.1. The summed E-state index contributed by atoms with van der Waals surface area (Å²) in [5.74, 6) is 0.501. The van der Waals surface area contributed by atoms with Crippen molar-refractivity contribution in [3.8, 4) is 0 Å². The summed E-state index contributed by atoms with van der Waals surface area (Å²) in [7, 11) is 0. The number of hydrogen-bond donors (Lipinski definition) is 1. The Bertz CT molecular complexity index is 418. The molecule has 0 aliphatic heterocycles. The van der Waals surface area contributed by atoms with Gasteiger partial charge in [0.1, 0.15) is 21.7 Å². The molecule has 1 fully saturated rings. The number of carbonyl (C=O) groups excluding carboxylic acids is 1. The van der Waals surface area contributed by atoms with Gasteiger partial charge in [0.25, 0.3) is 0 Å². The number of carbonyl (C=O) groups is 1. The predicted octanol–water partition coefficient (Wildman–Crippen LogP) is 3.60. The van der Waals surface area contributed by atoms with Crippen LogP contribution in [0.3, 0.4) is 0 Å². The lowest BCUT2D eigenvalue weighted by atomic mass is 9.77. The van der Waals surface area contributed by atoms with Crippen LogP contribution in [0.15, 0.2) is 4.40 Å². The second-order valence-electron chi connectivity index (χ2n) is 8.07. The van der Waals surface area contributed by atoms with E-state index in [-0.39, 0.29) is 16.9 Å². The van der Waals surface area contributed by atoms with Gasteiger partial charge < -0.3 is 14.6 Å². The molecule has 0 aromatic carbocycles. The third kappa shape index (κ3) is 7.01. The lowest BCUT2D eigenvalue weighted by Crippen LogP contribution is -2.46. The average Bonchev–Trinajstić information content (AvgIpc) is 2.21. The van der Waals surface area contributed by atoms with Crippen LogP contribution in [0.4, 0.5) is 4.79 Å². The Morgan fingerprint density at radius 2 is 1.82 bits per heavy atom. The molecule has 1 N–H and O–H groups in total. The van der Waals surface area contributed by atoms with Crippen LogP contribution in [0.2, 0.25) is 0 Å². The summed E-state index contributed by atoms with van der Waals surface area (Å²) in [6.45, 7) is 13.2. The van der Waals surface area contributed by atoms with Crippen LogP contribution in [-0.2, 0) is 16.1 Å². The van der Waals surface area contributed by atoms with Crippen LogP contribution in [0.5, 0.6) is 0 Å². The molecule has 1 aliphatic rings. The quantitative estimate of drug-likeness (QED) is 0.632. The molecule has 1 saturated carbocycles. The van der Waals surface area contributed by atoms with E-state index in [9.17, 15) is 9.35 Å². The molecule has 5 nitrogen and oxygen atoms in total. The van der Waals surface area contributed by atoms with E-state index in [4.69, 9.17) is 4.74 Å². The average molecular weight is 330 g/mol. The van der Waals surface area contributed by atoms with E-state index in [1.54, 1.807) is 0 Å². The zero-order valence-corrected chi connectivity index (χ0v) is 15.7. The highest BCUT2D eigenvalue weighted by molar-refractivity contribution is 7.91. The van der Waals surface area contributed by atoms with Crippen molar-refractivity contribution in [2.75, 3.05) is 0 Å². The molecule has 1 rings (SSSR count). The molecule has 1 amide bonds. The summed E-state index contributed by atoms with van der Waals surface area (Å²) in [5, 5.41) is 2.88. The van der Waals surface area contributed by atoms with E-state index in [1.165, 1.54) is 0 Å². The van der Waals surface area contributed by atoms with Gasteiger partial charge >= 0.3 is 6.09 Å². The molecule has 0 aromatic rings. The van der Waals surface area contributed by atoms with Gasteiger partial charge in [-0.05, 0) is 73.6 Å². The highest BCUT2D eigenvalue weighted by Gasteiger charge is 2.33. The highest BCUT2D eigenvalue weighted by atomic mass is 32.2. The van der Waals surface area contributed by atoms with Crippen LogP contribution >= 0.6 is 0 Å². The van der Waals surface area contributed by atoms with E-state index in [1.807, 2.05) is 48.5 Å². The topological polar surface area (TPSA) is 73.8 Å². The molecule has 1 unspecified atom stereocenters. The fraction of sp³-hybridized carbons (Fsp3) is 0.875. The minimum absolute atomic E-state index is 0.181. The normalized spacial score (nSPS) is 24.5. The molecule has 22 heavy (non-hydrogen) atoms. The van der Waals surface area contributed by atoms with Crippen molar-refractivity contribution in [3.63, 3.8) is 0 Å². The molecular formula is C16H30N2O3S. The van der Waals surface area contributed by atoms with E-state index < -0.39 is 17.0 Å². The van der Waals surface area contributed by atoms with Crippen LogP contribution < -0.4 is 5.32 Å². The van der Waals surface area contributed by atoms with Gasteiger partial charge in [0.15, 0.2) is 0 Å². The minimum atomic E-state index is -1.19. The smallest absolute Gasteiger partial charge is 0.407 e. The number of ether oxygens (including phenoxy) is 1. The van der Waals surface area contributed by atoms with Crippen molar-refractivity contribution in [1.82, 2.24) is 5.32 Å². The maximum atomic E-state index is 12.0. The number of alkyl carbamates (subject to hydrolysis) is 1. The van der Waals surface area contributed by atoms with Crippen LogP contribution in [0, 0.1) is 5.92 Å². The minimum Gasteiger partial charge on any atom is -0.591 e. The largest absolute Gasteiger partial charge is 0.591 e. The first-order valence-electron chi connectivity index (χ1n) is 7.82. The van der Waals surface area contributed by atoms with Gasteiger partial charge in [-0.25, -0.2) is 4.79 Å². The summed E-state index contributed by atoms with van der Waals surface area (Å²) in [5.41, 5.74) is 0.460. The first-order valence-corrected chi connectivity index (χ1v) is 8.93. The third-order valence-electron chi connectivity index (χ3n) is 3.30. The first kappa shape index (κ1) is 19.3. The van der Waals surface area contributed by atoms with Gasteiger partial charge in [-0.1, -0.05) is 4.40 Å². The van der Waals surface area contributed by atoms with Crippen LogP contribution in [0.25, 0.3) is 0 Å². The van der Waals surface area contributed by atoms with E-state index >= 15 is 0 Å². The standard InChI is InChI=1S/C16H30N2O3S/c1-11(18-22(20)16(5,6)7)8-12-9-13(10-12)17-14(19)21-15(2,3)4/h12-13H,8-10H2,1-7H3,(H,17,19). The van der Waals surface area contributed by atoms with Crippen molar-refractivity contribution in [2.45, 2.75) is 84.1 Å². The van der Waals surface area contributed by atoms with Crippen molar-refractivity contribution >= 4 is 23.2 Å². The number of rotatable bonds is 4. The molecule has 128 valence electrons. The summed E-state index contributed by atoms with van der Waals surface area (Å²) in [4.78, 5) is 11.6. The number of nitrogens with zero attached hydrogens (tertiary/aromatic N) is 1. The Morgan fingerprint density at radius 3 is 2.27 bits per heavy atom. The predicted molar refractivity (Wildman–Crippen MR) is 91.5 cm³/mol. The molecule has 1 aliphatic carbocycles. The summed E-state index contributed by atoms with van der Waals surface area (Å²) in [6.07, 6.45) is 2.34. The number of nitrogens with one attached hydrogen (secondary N) is 1. The van der Waals surface area contributed by atoms with E-state index in [2.05, 4.69) is 9.71 Å². The van der Waals surface area contributed by atoms with Gasteiger partial charge in [-0.3, -0.25) is 0 Å². The maximum Gasteiger partial charge on any atom is 0.407 e. The third-order valence-corrected chi connectivity index (χ3v) is 4.83. The van der Waals surface area contributed by atoms with Gasteiger partial charge in [-0.15, -0.1) is 0 Å². The van der Waals surface area contributed by atoms with E-state index in [0.717, 1.165) is 25.0 Å². The first-order chi connectivity index (χ1) is 9.87. The Kier molecular flexibility index (Phi) is 6.33. The van der Waals surface area contributed by atoms with Crippen LogP contribution in [-0.4, -0.2) is 32.7 Å². The van der Waals surface area contributed by atoms with Crippen molar-refractivity contribution in [1.29, 1.82) is 0 Å². The molecule has 0 saturated heterocycles. The maximum absolute atomic E-state index is 12.0. The monoisotopic (exact) mass is 330 g/mol. The molecule has 1 atom stereocenters. The Balaban J connectivity index is 2.31. The van der Waals surface area contributed by atoms with Crippen molar-refractivity contribution in [3.05, 3.63) is 0 Å². The zero-order valence-electron chi connectivity index (χ0n) is 14.9. The van der Waals surface area contributed by atoms with Gasteiger partial charge in [0.05, 0.1) is 5.71 Å². The Labute approximate surface area is 137 Å². The fourth-order valence-corrected chi connectivity index (χ4v) is 2.86. The van der Waals surface area contributed by atoms with Crippen molar-refractivity contribution in [2.24, 2.45) is 10.3 Å². The second kappa shape index (κ2) is 7.21. The van der Waals surface area contributed by atoms with Crippen LogP contribution in [0.1, 0.15) is 67.7 Å². The lowest BCUT2D eigenvalue weighted by molar-refractivity contribution is 0.0455. The highest BCUT2D eigenvalue weighted by Crippen LogP contribution is 2.31. The number of amides is 1. The summed E-state index contributed by atoms with van der Waals surface area (Å²) in [6, 6.07) is 0.181. The molecule has 0 radical (unpaired) electrons. The summed E-state index contributed by atoms with van der Waals surface area (Å²) >= 11 is -1.19. The van der Waals surface area contributed by atoms with Crippen molar-refractivity contribution < 1.29 is 14.1 Å². The summed E-state index contributed by atoms with van der Waals surface area (Å²) < 4.78 is 21.2. The molecule has 0 heterocycles. The molecule has 0 bridgehead atoms. The van der Waals surface area contributed by atoms with Gasteiger partial charge in [-0.2, -0.15) is 0 Å². The second-order valence-corrected chi connectivity index (χ2v) is 9.98. The SMILES string of the molecule is CC(CC1CC(NC(=O)OC(C)(C)C)C1)=N[S+]([O-])C(C)(C)C. The molecular weight excluding hydrogens is 300 g/mol. The van der Waals surface area contributed by atoms with Gasteiger partial charge in [0.2, 0.25) is 0 Å². The lowest BCUT2D eigenvalue weighted by Gasteiger charge is -2.36. The Hall–Kier alpha value is -0.750. The Morgan fingerprint density at radius 1 is 1.27 bits per heavy atom. The molecule has 6 heteroatoms. The van der Waals surface area contributed by atoms with E-state index in [0.29, 0.717) is 5.92 Å². The fourth-order valence-electron chi connectivity index (χ4n) is 2.23. The molecule has 0 aromatic heterocycles. The number of hydrogen-bond acceptors (Lipinski definition) is 4. The molecule has 0 spiro atoms. The van der Waals surface area contributed by atoms with Gasteiger partial charge in [0, 0.05) is 6.04 Å².